The van der Waals surface area contributed by atoms with E-state index in [9.17, 15) is 19.8 Å². The highest BCUT2D eigenvalue weighted by molar-refractivity contribution is 5.76. The molecule has 0 bridgehead atoms. The summed E-state index contributed by atoms with van der Waals surface area (Å²) in [5.41, 5.74) is 0. The van der Waals surface area contributed by atoms with Gasteiger partial charge in [-0.15, -0.1) is 0 Å². The highest BCUT2D eigenvalue weighted by atomic mass is 16.5. The molecule has 0 aliphatic heterocycles. The van der Waals surface area contributed by atoms with Gasteiger partial charge in [-0.3, -0.25) is 9.59 Å². The lowest BCUT2D eigenvalue weighted by Gasteiger charge is -2.20. The number of rotatable bonds is 69. The lowest BCUT2D eigenvalue weighted by atomic mass is 10.0. The van der Waals surface area contributed by atoms with E-state index in [2.05, 4.69) is 43.5 Å². The first kappa shape index (κ1) is 79.1. The molecule has 0 aromatic rings. The predicted molar refractivity (Wildman–Crippen MR) is 356 cm³/mol. The molecule has 6 nitrogen and oxygen atoms in total. The van der Waals surface area contributed by atoms with Crippen molar-refractivity contribution in [1.82, 2.24) is 5.32 Å². The summed E-state index contributed by atoms with van der Waals surface area (Å²) in [5.74, 6) is -0.0534. The molecule has 2 unspecified atom stereocenters. The van der Waals surface area contributed by atoms with E-state index >= 15 is 0 Å². The van der Waals surface area contributed by atoms with Crippen molar-refractivity contribution in [1.29, 1.82) is 0 Å². The number of allylic oxidation sites excluding steroid dienone is 5. The highest BCUT2D eigenvalue weighted by Gasteiger charge is 2.18. The molecular formula is C75H143NO5. The van der Waals surface area contributed by atoms with Crippen LogP contribution in [0.1, 0.15) is 406 Å². The number of carbonyl (C=O) groups excluding carboxylic acids is 2. The van der Waals surface area contributed by atoms with Crippen molar-refractivity contribution in [2.75, 3.05) is 13.2 Å². The number of carbonyl (C=O) groups is 2. The van der Waals surface area contributed by atoms with Crippen LogP contribution in [0, 0.1) is 0 Å². The SMILES string of the molecule is CCCC/C=C\CCCCCCCC(=O)OCCCCCCCCCCCCCC/C=C\CCCCCCCCCCCCCCCCCCCC(=O)NC(CO)C(O)/C=C/CCCCCCCCCCCCCCCCCCCC. The van der Waals surface area contributed by atoms with Crippen molar-refractivity contribution < 1.29 is 24.5 Å². The summed E-state index contributed by atoms with van der Waals surface area (Å²) in [4.78, 5) is 24.5. The molecule has 1 amide bonds. The van der Waals surface area contributed by atoms with Crippen molar-refractivity contribution in [3.8, 4) is 0 Å². The van der Waals surface area contributed by atoms with Gasteiger partial charge in [0.2, 0.25) is 5.91 Å². The number of unbranched alkanes of at least 4 members (excludes halogenated alkanes) is 54. The molecule has 2 atom stereocenters. The Labute approximate surface area is 506 Å². The van der Waals surface area contributed by atoms with Crippen LogP contribution in [0.3, 0.4) is 0 Å². The van der Waals surface area contributed by atoms with E-state index in [4.69, 9.17) is 4.74 Å². The van der Waals surface area contributed by atoms with Crippen LogP contribution in [0.15, 0.2) is 36.5 Å². The summed E-state index contributed by atoms with van der Waals surface area (Å²) in [6.45, 7) is 4.90. The maximum atomic E-state index is 12.5. The molecule has 0 radical (unpaired) electrons. The van der Waals surface area contributed by atoms with E-state index in [1.54, 1.807) is 6.08 Å². The zero-order valence-corrected chi connectivity index (χ0v) is 54.8. The number of aliphatic hydroxyl groups excluding tert-OH is 2. The molecule has 0 rings (SSSR count). The Bertz CT molecular complexity index is 1310. The smallest absolute Gasteiger partial charge is 0.305 e. The monoisotopic (exact) mass is 1140 g/mol. The Morgan fingerprint density at radius 3 is 0.914 bits per heavy atom. The maximum absolute atomic E-state index is 12.5. The molecule has 0 saturated carbocycles. The fraction of sp³-hybridized carbons (Fsp3) is 0.893. The number of nitrogens with one attached hydrogen (secondary N) is 1. The van der Waals surface area contributed by atoms with Crippen LogP contribution in [0.25, 0.3) is 0 Å². The molecular weight excluding hydrogens is 995 g/mol. The average molecular weight is 1140 g/mol. The van der Waals surface area contributed by atoms with Gasteiger partial charge in [-0.05, 0) is 77.0 Å². The van der Waals surface area contributed by atoms with Crippen LogP contribution in [0.4, 0.5) is 0 Å². The number of hydrogen-bond donors (Lipinski definition) is 3. The maximum Gasteiger partial charge on any atom is 0.305 e. The van der Waals surface area contributed by atoms with Crippen LogP contribution < -0.4 is 5.32 Å². The van der Waals surface area contributed by atoms with E-state index in [1.807, 2.05) is 6.08 Å². The third kappa shape index (κ3) is 67.1. The Kier molecular flexibility index (Phi) is 68.9. The van der Waals surface area contributed by atoms with Crippen molar-refractivity contribution in [2.45, 2.75) is 418 Å². The van der Waals surface area contributed by atoms with Gasteiger partial charge >= 0.3 is 5.97 Å². The minimum atomic E-state index is -0.843. The van der Waals surface area contributed by atoms with E-state index in [-0.39, 0.29) is 18.5 Å². The molecule has 81 heavy (non-hydrogen) atoms. The lowest BCUT2D eigenvalue weighted by molar-refractivity contribution is -0.143. The molecule has 0 aliphatic rings. The molecule has 3 N–H and O–H groups in total. The summed E-state index contributed by atoms with van der Waals surface area (Å²) < 4.78 is 5.47. The molecule has 0 aliphatic carbocycles. The zero-order valence-electron chi connectivity index (χ0n) is 54.8. The zero-order chi connectivity index (χ0) is 58.5. The fourth-order valence-corrected chi connectivity index (χ4v) is 11.5. The van der Waals surface area contributed by atoms with Crippen LogP contribution >= 0.6 is 0 Å². The van der Waals surface area contributed by atoms with Gasteiger partial charge in [0.05, 0.1) is 25.4 Å². The molecule has 6 heteroatoms. The second-order valence-electron chi connectivity index (χ2n) is 25.3. The minimum Gasteiger partial charge on any atom is -0.466 e. The topological polar surface area (TPSA) is 95.9 Å². The first-order valence-corrected chi connectivity index (χ1v) is 36.8. The minimum absolute atomic E-state index is 0.00763. The summed E-state index contributed by atoms with van der Waals surface area (Å²) in [7, 11) is 0. The molecule has 0 fully saturated rings. The molecule has 0 aromatic carbocycles. The van der Waals surface area contributed by atoms with Crippen molar-refractivity contribution in [3.05, 3.63) is 36.5 Å². The number of amides is 1. The Morgan fingerprint density at radius 1 is 0.333 bits per heavy atom. The third-order valence-electron chi connectivity index (χ3n) is 17.1. The number of hydrogen-bond acceptors (Lipinski definition) is 5. The Hall–Kier alpha value is -1.92. The summed E-state index contributed by atoms with van der Waals surface area (Å²) in [6, 6.07) is -0.626. The average Bonchev–Trinajstić information content (AvgIpc) is 3.47. The number of ether oxygens (including phenoxy) is 1. The predicted octanol–water partition coefficient (Wildman–Crippen LogP) is 23.9. The van der Waals surface area contributed by atoms with Gasteiger partial charge in [0.1, 0.15) is 0 Å². The van der Waals surface area contributed by atoms with Crippen molar-refractivity contribution >= 4 is 11.9 Å². The first-order valence-electron chi connectivity index (χ1n) is 36.8. The normalized spacial score (nSPS) is 12.7. The molecule has 478 valence electrons. The van der Waals surface area contributed by atoms with E-state index in [0.29, 0.717) is 19.4 Å². The second-order valence-corrected chi connectivity index (χ2v) is 25.3. The second kappa shape index (κ2) is 70.6. The van der Waals surface area contributed by atoms with Gasteiger partial charge in [0.25, 0.3) is 0 Å². The van der Waals surface area contributed by atoms with E-state index in [1.165, 1.54) is 334 Å². The van der Waals surface area contributed by atoms with Gasteiger partial charge in [-0.2, -0.15) is 0 Å². The quantitative estimate of drug-likeness (QED) is 0.0320. The third-order valence-corrected chi connectivity index (χ3v) is 17.1. The Balaban J connectivity index is 3.38. The van der Waals surface area contributed by atoms with Gasteiger partial charge in [0, 0.05) is 12.8 Å². The lowest BCUT2D eigenvalue weighted by Crippen LogP contribution is -2.45. The van der Waals surface area contributed by atoms with Gasteiger partial charge in [-0.25, -0.2) is 0 Å². The molecule has 0 heterocycles. The summed E-state index contributed by atoms with van der Waals surface area (Å²) >= 11 is 0. The highest BCUT2D eigenvalue weighted by Crippen LogP contribution is 2.19. The number of esters is 1. The van der Waals surface area contributed by atoms with E-state index in [0.717, 1.165) is 44.9 Å². The Morgan fingerprint density at radius 2 is 0.593 bits per heavy atom. The summed E-state index contributed by atoms with van der Waals surface area (Å²) in [6.07, 6.45) is 91.0. The molecule has 0 aromatic heterocycles. The first-order chi connectivity index (χ1) is 40.0. The van der Waals surface area contributed by atoms with Gasteiger partial charge in [-0.1, -0.05) is 352 Å². The van der Waals surface area contributed by atoms with Crippen LogP contribution in [-0.4, -0.2) is 47.4 Å². The van der Waals surface area contributed by atoms with Crippen LogP contribution in [0.5, 0.6) is 0 Å². The van der Waals surface area contributed by atoms with Crippen molar-refractivity contribution in [3.63, 3.8) is 0 Å². The molecule has 0 saturated heterocycles. The summed E-state index contributed by atoms with van der Waals surface area (Å²) in [5, 5.41) is 23.3. The van der Waals surface area contributed by atoms with Crippen molar-refractivity contribution in [2.24, 2.45) is 0 Å². The molecule has 0 spiro atoms. The van der Waals surface area contributed by atoms with Gasteiger partial charge < -0.3 is 20.3 Å². The van der Waals surface area contributed by atoms with E-state index < -0.39 is 12.1 Å². The van der Waals surface area contributed by atoms with Crippen LogP contribution in [-0.2, 0) is 14.3 Å². The number of aliphatic hydroxyl groups is 2. The van der Waals surface area contributed by atoms with Gasteiger partial charge in [0.15, 0.2) is 0 Å². The van der Waals surface area contributed by atoms with Crippen LogP contribution in [0.2, 0.25) is 0 Å². The largest absolute Gasteiger partial charge is 0.466 e. The fourth-order valence-electron chi connectivity index (χ4n) is 11.5. The standard InChI is InChI=1S/C75H143NO5/c1-3-5-7-9-11-13-15-16-17-18-19-35-38-41-44-48-51-55-59-63-67-73(78)72(71-77)76-74(79)68-64-60-56-52-49-45-42-39-36-33-31-29-27-25-23-21-20-22-24-26-28-30-32-34-37-40-43-46-50-54-58-62-66-70-81-75(80)69-65-61-57-53-47-14-12-10-8-6-4-2/h10,12,24,26,63,67,72-73,77-78H,3-9,11,13-23,25,27-62,64-66,68-71H2,1-2H3,(H,76,79)/b12-10-,26-24-,67-63+.